The lowest BCUT2D eigenvalue weighted by Gasteiger charge is -2.10. The molecule has 0 saturated carbocycles. The summed E-state index contributed by atoms with van der Waals surface area (Å²) >= 11 is 0. The zero-order valence-corrected chi connectivity index (χ0v) is 16.8. The molecule has 0 bridgehead atoms. The summed E-state index contributed by atoms with van der Waals surface area (Å²) in [4.78, 5) is 24.2. The number of hydrogen-bond acceptors (Lipinski definition) is 6. The maximum absolute atomic E-state index is 12.5. The van der Waals surface area contributed by atoms with Gasteiger partial charge in [0.2, 0.25) is 0 Å². The summed E-state index contributed by atoms with van der Waals surface area (Å²) in [6.07, 6.45) is 3.02. The van der Waals surface area contributed by atoms with Gasteiger partial charge in [-0.1, -0.05) is 12.7 Å². The first-order valence-corrected chi connectivity index (χ1v) is 9.14. The first kappa shape index (κ1) is 22.2. The highest BCUT2D eigenvalue weighted by Gasteiger charge is 2.13. The van der Waals surface area contributed by atoms with E-state index in [0.29, 0.717) is 28.3 Å². The second-order valence-electron chi connectivity index (χ2n) is 5.93. The molecular formula is C23H22N2O5. The van der Waals surface area contributed by atoms with Crippen molar-refractivity contribution in [2.75, 3.05) is 25.6 Å². The summed E-state index contributed by atoms with van der Waals surface area (Å²) in [7, 11) is 1.53. The maximum atomic E-state index is 12.5. The van der Waals surface area contributed by atoms with Crippen molar-refractivity contribution >= 4 is 23.6 Å². The van der Waals surface area contributed by atoms with Gasteiger partial charge in [0.1, 0.15) is 29.7 Å². The average Bonchev–Trinajstić information content (AvgIpc) is 2.76. The number of anilines is 1. The molecule has 0 aliphatic rings. The smallest absolute Gasteiger partial charge is 0.338 e. The van der Waals surface area contributed by atoms with Crippen LogP contribution in [-0.4, -0.2) is 32.2 Å². The molecule has 0 radical (unpaired) electrons. The summed E-state index contributed by atoms with van der Waals surface area (Å²) < 4.78 is 15.7. The third-order valence-electron chi connectivity index (χ3n) is 3.90. The molecule has 0 spiro atoms. The van der Waals surface area contributed by atoms with Crippen molar-refractivity contribution in [2.45, 2.75) is 6.92 Å². The van der Waals surface area contributed by atoms with E-state index in [2.05, 4.69) is 11.9 Å². The number of nitrogens with one attached hydrogen (secondary N) is 1. The average molecular weight is 406 g/mol. The third kappa shape index (κ3) is 5.97. The van der Waals surface area contributed by atoms with Crippen molar-refractivity contribution in [3.8, 4) is 17.6 Å². The lowest BCUT2D eigenvalue weighted by atomic mass is 10.1. The number of benzene rings is 2. The van der Waals surface area contributed by atoms with Crippen LogP contribution in [0.5, 0.6) is 11.5 Å². The minimum Gasteiger partial charge on any atom is -0.497 e. The summed E-state index contributed by atoms with van der Waals surface area (Å²) in [6, 6.07) is 13.1. The number of methoxy groups -OCH3 is 1. The first-order valence-electron chi connectivity index (χ1n) is 9.14. The molecule has 2 rings (SSSR count). The number of rotatable bonds is 9. The standard InChI is InChI=1S/C23H22N2O5/c1-4-12-30-21-14-20(28-3)11-8-17(21)13-18(15-24)22(26)25-19-9-6-16(7-10-19)23(27)29-5-2/h4,6-11,13-14H,1,5,12H2,2-3H3,(H,25,26)/b18-13+. The second-order valence-corrected chi connectivity index (χ2v) is 5.93. The normalized spacial score (nSPS) is 10.5. The highest BCUT2D eigenvalue weighted by atomic mass is 16.5. The van der Waals surface area contributed by atoms with E-state index in [1.807, 2.05) is 6.07 Å². The van der Waals surface area contributed by atoms with Gasteiger partial charge in [0.25, 0.3) is 5.91 Å². The van der Waals surface area contributed by atoms with E-state index >= 15 is 0 Å². The fourth-order valence-corrected chi connectivity index (χ4v) is 2.44. The largest absolute Gasteiger partial charge is 0.497 e. The number of nitrogens with zero attached hydrogens (tertiary/aromatic N) is 1. The zero-order chi connectivity index (χ0) is 21.9. The minimum absolute atomic E-state index is 0.113. The van der Waals surface area contributed by atoms with Crippen LogP contribution in [0, 0.1) is 11.3 Å². The zero-order valence-electron chi connectivity index (χ0n) is 16.8. The number of carbonyl (C=O) groups excluding carboxylic acids is 2. The van der Waals surface area contributed by atoms with Gasteiger partial charge in [-0.3, -0.25) is 4.79 Å². The summed E-state index contributed by atoms with van der Waals surface area (Å²) in [6.45, 7) is 5.87. The predicted octanol–water partition coefficient (Wildman–Crippen LogP) is 3.98. The Bertz CT molecular complexity index is 988. The topological polar surface area (TPSA) is 97.6 Å². The number of nitriles is 1. The number of ether oxygens (including phenoxy) is 3. The Kier molecular flexibility index (Phi) is 8.21. The van der Waals surface area contributed by atoms with Crippen molar-refractivity contribution in [3.05, 3.63) is 71.8 Å². The fourth-order valence-electron chi connectivity index (χ4n) is 2.44. The molecule has 2 aromatic carbocycles. The van der Waals surface area contributed by atoms with Crippen LogP contribution < -0.4 is 14.8 Å². The Morgan fingerprint density at radius 1 is 1.20 bits per heavy atom. The van der Waals surface area contributed by atoms with Crippen LogP contribution >= 0.6 is 0 Å². The number of esters is 1. The van der Waals surface area contributed by atoms with Gasteiger partial charge >= 0.3 is 5.97 Å². The number of hydrogen-bond donors (Lipinski definition) is 1. The van der Waals surface area contributed by atoms with Crippen LogP contribution in [0.15, 0.2) is 60.7 Å². The molecule has 1 amide bonds. The lowest BCUT2D eigenvalue weighted by molar-refractivity contribution is -0.112. The van der Waals surface area contributed by atoms with Gasteiger partial charge in [-0.15, -0.1) is 0 Å². The molecule has 0 aromatic heterocycles. The monoisotopic (exact) mass is 406 g/mol. The van der Waals surface area contributed by atoms with Crippen molar-refractivity contribution in [1.29, 1.82) is 5.26 Å². The molecule has 0 aliphatic carbocycles. The molecule has 2 aromatic rings. The maximum Gasteiger partial charge on any atom is 0.338 e. The highest BCUT2D eigenvalue weighted by molar-refractivity contribution is 6.10. The summed E-state index contributed by atoms with van der Waals surface area (Å²) in [5.74, 6) is -0.00382. The van der Waals surface area contributed by atoms with Crippen molar-refractivity contribution in [3.63, 3.8) is 0 Å². The first-order chi connectivity index (χ1) is 14.5. The van der Waals surface area contributed by atoms with Gasteiger partial charge < -0.3 is 19.5 Å². The number of amides is 1. The van der Waals surface area contributed by atoms with Gasteiger partial charge in [0, 0.05) is 17.3 Å². The van der Waals surface area contributed by atoms with Gasteiger partial charge in [-0.2, -0.15) is 5.26 Å². The van der Waals surface area contributed by atoms with E-state index < -0.39 is 11.9 Å². The predicted molar refractivity (Wildman–Crippen MR) is 113 cm³/mol. The Morgan fingerprint density at radius 3 is 2.53 bits per heavy atom. The van der Waals surface area contributed by atoms with E-state index in [9.17, 15) is 14.9 Å². The molecule has 1 N–H and O–H groups in total. The van der Waals surface area contributed by atoms with Gasteiger partial charge in [-0.25, -0.2) is 4.79 Å². The lowest BCUT2D eigenvalue weighted by Crippen LogP contribution is -2.14. The van der Waals surface area contributed by atoms with Crippen LogP contribution in [0.3, 0.4) is 0 Å². The van der Waals surface area contributed by atoms with Gasteiger partial charge in [0.05, 0.1) is 19.3 Å². The van der Waals surface area contributed by atoms with Crippen LogP contribution in [0.4, 0.5) is 5.69 Å². The molecule has 0 saturated heterocycles. The summed E-state index contributed by atoms with van der Waals surface area (Å²) in [5, 5.41) is 12.1. The molecular weight excluding hydrogens is 384 g/mol. The quantitative estimate of drug-likeness (QED) is 0.293. The number of carbonyl (C=O) groups is 2. The van der Waals surface area contributed by atoms with E-state index in [-0.39, 0.29) is 18.8 Å². The van der Waals surface area contributed by atoms with Gasteiger partial charge in [0.15, 0.2) is 0 Å². The Hall–Kier alpha value is -4.05. The van der Waals surface area contributed by atoms with E-state index in [0.717, 1.165) is 0 Å². The fraction of sp³-hybridized carbons (Fsp3) is 0.174. The van der Waals surface area contributed by atoms with Crippen LogP contribution in [0.25, 0.3) is 6.08 Å². The SMILES string of the molecule is C=CCOc1cc(OC)ccc1/C=C(\C#N)C(=O)Nc1ccc(C(=O)OCC)cc1. The highest BCUT2D eigenvalue weighted by Crippen LogP contribution is 2.27. The van der Waals surface area contributed by atoms with Crippen molar-refractivity contribution in [2.24, 2.45) is 0 Å². The summed E-state index contributed by atoms with van der Waals surface area (Å²) in [5.41, 5.74) is 1.24. The van der Waals surface area contributed by atoms with E-state index in [1.165, 1.54) is 25.3 Å². The molecule has 0 aliphatic heterocycles. The van der Waals surface area contributed by atoms with Crippen LogP contribution in [-0.2, 0) is 9.53 Å². The minimum atomic E-state index is -0.591. The molecule has 0 atom stereocenters. The van der Waals surface area contributed by atoms with Crippen molar-refractivity contribution in [1.82, 2.24) is 0 Å². The van der Waals surface area contributed by atoms with Crippen LogP contribution in [0.2, 0.25) is 0 Å². The third-order valence-corrected chi connectivity index (χ3v) is 3.90. The molecule has 7 heteroatoms. The molecule has 7 nitrogen and oxygen atoms in total. The second kappa shape index (κ2) is 11.1. The Balaban J connectivity index is 2.22. The Morgan fingerprint density at radius 2 is 1.93 bits per heavy atom. The molecule has 154 valence electrons. The molecule has 0 fully saturated rings. The van der Waals surface area contributed by atoms with E-state index in [4.69, 9.17) is 14.2 Å². The van der Waals surface area contributed by atoms with E-state index in [1.54, 1.807) is 43.3 Å². The molecule has 30 heavy (non-hydrogen) atoms. The van der Waals surface area contributed by atoms with Crippen LogP contribution in [0.1, 0.15) is 22.8 Å². The molecule has 0 unspecified atom stereocenters. The van der Waals surface area contributed by atoms with Gasteiger partial charge in [-0.05, 0) is 49.4 Å². The Labute approximate surface area is 175 Å². The molecule has 0 heterocycles. The van der Waals surface area contributed by atoms with Crippen molar-refractivity contribution < 1.29 is 23.8 Å².